The number of hydrogen-bond acceptors (Lipinski definition) is 5. The number of pyridine rings is 1. The summed E-state index contributed by atoms with van der Waals surface area (Å²) >= 11 is 0. The summed E-state index contributed by atoms with van der Waals surface area (Å²) in [5, 5.41) is 12.1. The Bertz CT molecular complexity index is 1230. The summed E-state index contributed by atoms with van der Waals surface area (Å²) in [4.78, 5) is 4.55. The van der Waals surface area contributed by atoms with Crippen LogP contribution < -0.4 is 10.0 Å². The normalized spacial score (nSPS) is 12.1. The van der Waals surface area contributed by atoms with Gasteiger partial charge >= 0.3 is 0 Å². The maximum Gasteiger partial charge on any atom is 0.240 e. The minimum Gasteiger partial charge on any atom is -0.355 e. The van der Waals surface area contributed by atoms with Gasteiger partial charge in [-0.15, -0.1) is 0 Å². The van der Waals surface area contributed by atoms with Gasteiger partial charge in [-0.1, -0.05) is 0 Å². The van der Waals surface area contributed by atoms with Crippen molar-refractivity contribution in [3.05, 3.63) is 54.9 Å². The van der Waals surface area contributed by atoms with Crippen molar-refractivity contribution in [1.82, 2.24) is 19.9 Å². The third kappa shape index (κ3) is 3.49. The fourth-order valence-corrected chi connectivity index (χ4v) is 4.23. The first kappa shape index (κ1) is 17.4. The molecular formula is C19H19N5O2S. The van der Waals surface area contributed by atoms with Gasteiger partial charge in [0.25, 0.3) is 0 Å². The monoisotopic (exact) mass is 381 g/mol. The number of aromatic amines is 1. The highest BCUT2D eigenvalue weighted by Crippen LogP contribution is 2.28. The zero-order valence-corrected chi connectivity index (χ0v) is 15.7. The average molecular weight is 381 g/mol. The first-order valence-electron chi connectivity index (χ1n) is 8.54. The molecule has 7 nitrogen and oxygen atoms in total. The summed E-state index contributed by atoms with van der Waals surface area (Å²) in [6, 6.07) is 12.4. The van der Waals surface area contributed by atoms with Crippen LogP contribution in [0.2, 0.25) is 0 Å². The molecule has 0 aliphatic rings. The Morgan fingerprint density at radius 2 is 1.93 bits per heavy atom. The molecule has 0 saturated carbocycles. The second-order valence-corrected chi connectivity index (χ2v) is 8.32. The van der Waals surface area contributed by atoms with Gasteiger partial charge in [0.1, 0.15) is 0 Å². The van der Waals surface area contributed by atoms with Gasteiger partial charge < -0.3 is 5.32 Å². The molecule has 0 amide bonds. The molecule has 8 heteroatoms. The van der Waals surface area contributed by atoms with Crippen molar-refractivity contribution in [1.29, 1.82) is 0 Å². The molecular weight excluding hydrogens is 362 g/mol. The number of anilines is 2. The summed E-state index contributed by atoms with van der Waals surface area (Å²) in [5.41, 5.74) is 3.28. The third-order valence-corrected chi connectivity index (χ3v) is 5.79. The van der Waals surface area contributed by atoms with E-state index in [2.05, 4.69) is 25.2 Å². The number of fused-ring (bicyclic) bond motifs is 2. The van der Waals surface area contributed by atoms with Crippen LogP contribution in [0.5, 0.6) is 0 Å². The van der Waals surface area contributed by atoms with E-state index in [1.165, 1.54) is 0 Å². The molecule has 3 N–H and O–H groups in total. The van der Waals surface area contributed by atoms with Crippen molar-refractivity contribution in [2.24, 2.45) is 0 Å². The minimum atomic E-state index is -3.58. The lowest BCUT2D eigenvalue weighted by Crippen LogP contribution is -2.30. The van der Waals surface area contributed by atoms with E-state index in [1.54, 1.807) is 44.4 Å². The zero-order valence-electron chi connectivity index (χ0n) is 14.9. The Morgan fingerprint density at radius 1 is 1.07 bits per heavy atom. The van der Waals surface area contributed by atoms with Crippen molar-refractivity contribution in [2.45, 2.75) is 24.8 Å². The average Bonchev–Trinajstić information content (AvgIpc) is 3.08. The van der Waals surface area contributed by atoms with Crippen LogP contribution in [0.4, 0.5) is 11.4 Å². The first-order chi connectivity index (χ1) is 12.9. The third-order valence-electron chi connectivity index (χ3n) is 4.14. The van der Waals surface area contributed by atoms with E-state index >= 15 is 0 Å². The van der Waals surface area contributed by atoms with Gasteiger partial charge in [-0.2, -0.15) is 5.10 Å². The number of benzene rings is 2. The van der Waals surface area contributed by atoms with Crippen LogP contribution in [-0.2, 0) is 10.0 Å². The molecule has 0 spiro atoms. The van der Waals surface area contributed by atoms with Crippen molar-refractivity contribution in [3.63, 3.8) is 0 Å². The highest BCUT2D eigenvalue weighted by Gasteiger charge is 2.16. The smallest absolute Gasteiger partial charge is 0.240 e. The van der Waals surface area contributed by atoms with Gasteiger partial charge in [-0.25, -0.2) is 13.1 Å². The van der Waals surface area contributed by atoms with Crippen LogP contribution in [0.1, 0.15) is 13.8 Å². The molecule has 27 heavy (non-hydrogen) atoms. The summed E-state index contributed by atoms with van der Waals surface area (Å²) in [5.74, 6) is 0. The lowest BCUT2D eigenvalue weighted by molar-refractivity contribution is 0.570. The van der Waals surface area contributed by atoms with Gasteiger partial charge in [0.2, 0.25) is 10.0 Å². The van der Waals surface area contributed by atoms with Crippen molar-refractivity contribution in [2.75, 3.05) is 5.32 Å². The maximum absolute atomic E-state index is 12.5. The molecule has 4 rings (SSSR count). The number of hydrogen-bond donors (Lipinski definition) is 3. The molecule has 138 valence electrons. The van der Waals surface area contributed by atoms with Gasteiger partial charge in [-0.3, -0.25) is 10.1 Å². The molecule has 0 radical (unpaired) electrons. The lowest BCUT2D eigenvalue weighted by atomic mass is 10.1. The Hall–Kier alpha value is -2.97. The molecule has 2 heterocycles. The van der Waals surface area contributed by atoms with E-state index in [0.717, 1.165) is 27.7 Å². The van der Waals surface area contributed by atoms with Crippen LogP contribution in [0.25, 0.3) is 21.8 Å². The summed E-state index contributed by atoms with van der Waals surface area (Å²) in [7, 11) is -3.58. The largest absolute Gasteiger partial charge is 0.355 e. The van der Waals surface area contributed by atoms with Crippen LogP contribution >= 0.6 is 0 Å². The van der Waals surface area contributed by atoms with E-state index in [4.69, 9.17) is 0 Å². The van der Waals surface area contributed by atoms with Crippen molar-refractivity contribution < 1.29 is 8.42 Å². The number of nitrogens with one attached hydrogen (secondary N) is 3. The van der Waals surface area contributed by atoms with Crippen LogP contribution in [0, 0.1) is 0 Å². The number of H-pyrrole nitrogens is 1. The topological polar surface area (TPSA) is 99.8 Å². The second-order valence-electron chi connectivity index (χ2n) is 6.61. The number of sulfonamides is 1. The quantitative estimate of drug-likeness (QED) is 0.491. The molecule has 0 aliphatic carbocycles. The highest BCUT2D eigenvalue weighted by molar-refractivity contribution is 7.89. The number of rotatable bonds is 5. The number of aromatic nitrogens is 3. The molecule has 2 aromatic carbocycles. The molecule has 0 fully saturated rings. The highest BCUT2D eigenvalue weighted by atomic mass is 32.2. The Labute approximate surface area is 156 Å². The minimum absolute atomic E-state index is 0.182. The summed E-state index contributed by atoms with van der Waals surface area (Å²) in [6.07, 6.45) is 3.46. The van der Waals surface area contributed by atoms with Crippen molar-refractivity contribution in [3.8, 4) is 0 Å². The van der Waals surface area contributed by atoms with E-state index in [-0.39, 0.29) is 10.9 Å². The van der Waals surface area contributed by atoms with E-state index in [0.29, 0.717) is 5.52 Å². The SMILES string of the molecule is CC(C)NS(=O)(=O)c1ccc2nccc(Nc3ccc4cn[nH]c4c3)c2c1. The summed E-state index contributed by atoms with van der Waals surface area (Å²) < 4.78 is 27.6. The van der Waals surface area contributed by atoms with Gasteiger partial charge in [-0.05, 0) is 56.3 Å². The van der Waals surface area contributed by atoms with Gasteiger partial charge in [0, 0.05) is 34.4 Å². The molecule has 0 atom stereocenters. The molecule has 4 aromatic rings. The standard InChI is InChI=1S/C19H19N5O2S/c1-12(2)24-27(25,26)15-5-6-17-16(10-15)18(7-8-20-17)22-14-4-3-13-11-21-23-19(13)9-14/h3-12,24H,1-2H3,(H,20,22)(H,21,23). The van der Waals surface area contributed by atoms with Crippen LogP contribution in [0.3, 0.4) is 0 Å². The molecule has 0 bridgehead atoms. The van der Waals surface area contributed by atoms with Gasteiger partial charge in [0.05, 0.1) is 22.1 Å². The number of nitrogens with zero attached hydrogens (tertiary/aromatic N) is 2. The molecule has 0 unspecified atom stereocenters. The predicted octanol–water partition coefficient (Wildman–Crippen LogP) is 3.54. The lowest BCUT2D eigenvalue weighted by Gasteiger charge is -2.13. The second kappa shape index (κ2) is 6.64. The fraction of sp³-hybridized carbons (Fsp3) is 0.158. The Morgan fingerprint density at radius 3 is 2.74 bits per heavy atom. The zero-order chi connectivity index (χ0) is 19.0. The maximum atomic E-state index is 12.5. The van der Waals surface area contributed by atoms with Crippen LogP contribution in [0.15, 0.2) is 59.8 Å². The van der Waals surface area contributed by atoms with Gasteiger partial charge in [0.15, 0.2) is 0 Å². The summed E-state index contributed by atoms with van der Waals surface area (Å²) in [6.45, 7) is 3.58. The predicted molar refractivity (Wildman–Crippen MR) is 107 cm³/mol. The van der Waals surface area contributed by atoms with Crippen LogP contribution in [-0.4, -0.2) is 29.6 Å². The fourth-order valence-electron chi connectivity index (χ4n) is 2.95. The van der Waals surface area contributed by atoms with E-state index in [9.17, 15) is 8.42 Å². The molecule has 0 aliphatic heterocycles. The first-order valence-corrected chi connectivity index (χ1v) is 10.0. The van der Waals surface area contributed by atoms with Crippen molar-refractivity contribution >= 4 is 43.2 Å². The Kier molecular flexibility index (Phi) is 4.29. The Balaban J connectivity index is 1.77. The molecule has 0 saturated heterocycles. The van der Waals surface area contributed by atoms with E-state index < -0.39 is 10.0 Å². The molecule has 2 aromatic heterocycles. The van der Waals surface area contributed by atoms with E-state index in [1.807, 2.05) is 24.3 Å².